The Morgan fingerprint density at radius 1 is 1.31 bits per heavy atom. The highest BCUT2D eigenvalue weighted by molar-refractivity contribution is 6.06. The van der Waals surface area contributed by atoms with Crippen LogP contribution in [-0.4, -0.2) is 33.7 Å². The minimum Gasteiger partial charge on any atom is -0.395 e. The van der Waals surface area contributed by atoms with Gasteiger partial charge < -0.3 is 20.3 Å². The van der Waals surface area contributed by atoms with Crippen molar-refractivity contribution < 1.29 is 14.3 Å². The first-order valence-electron chi connectivity index (χ1n) is 7.91. The van der Waals surface area contributed by atoms with Crippen molar-refractivity contribution in [1.82, 2.24) is 9.55 Å². The number of hydrogen-bond donors (Lipinski definition) is 3. The monoisotopic (exact) mass is 356 g/mol. The van der Waals surface area contributed by atoms with Crippen molar-refractivity contribution in [2.45, 2.75) is 0 Å². The van der Waals surface area contributed by atoms with E-state index in [1.54, 1.807) is 25.2 Å². The van der Waals surface area contributed by atoms with Gasteiger partial charge in [0.15, 0.2) is 0 Å². The number of carbonyl (C=O) groups excluding carboxylic acids is 1. The number of rotatable bonds is 5. The molecule has 0 fully saturated rings. The number of pyridine rings is 2. The molecule has 0 spiro atoms. The van der Waals surface area contributed by atoms with Crippen LogP contribution in [0.15, 0.2) is 47.4 Å². The van der Waals surface area contributed by atoms with Crippen molar-refractivity contribution in [3.8, 4) is 0 Å². The fourth-order valence-electron chi connectivity index (χ4n) is 2.63. The van der Waals surface area contributed by atoms with E-state index in [2.05, 4.69) is 15.6 Å². The Kier molecular flexibility index (Phi) is 4.94. The number of aliphatic hydroxyl groups is 1. The van der Waals surface area contributed by atoms with Crippen LogP contribution in [-0.2, 0) is 7.05 Å². The van der Waals surface area contributed by atoms with Crippen molar-refractivity contribution in [3.05, 3.63) is 64.3 Å². The van der Waals surface area contributed by atoms with Gasteiger partial charge in [0.05, 0.1) is 18.3 Å². The summed E-state index contributed by atoms with van der Waals surface area (Å²) in [6, 6.07) is 9.32. The Labute approximate surface area is 148 Å². The Balaban J connectivity index is 2.04. The molecule has 2 heterocycles. The number of anilines is 2. The predicted molar refractivity (Wildman–Crippen MR) is 96.9 cm³/mol. The zero-order valence-corrected chi connectivity index (χ0v) is 14.0. The quantitative estimate of drug-likeness (QED) is 0.647. The average molecular weight is 356 g/mol. The number of halogens is 1. The van der Waals surface area contributed by atoms with Crippen LogP contribution in [0.2, 0.25) is 0 Å². The van der Waals surface area contributed by atoms with E-state index in [4.69, 9.17) is 5.11 Å². The van der Waals surface area contributed by atoms with Gasteiger partial charge in [-0.1, -0.05) is 6.07 Å². The summed E-state index contributed by atoms with van der Waals surface area (Å²) in [6.07, 6.45) is 0.977. The fraction of sp³-hybridized carbons (Fsp3) is 0.167. The van der Waals surface area contributed by atoms with Crippen molar-refractivity contribution >= 4 is 28.3 Å². The van der Waals surface area contributed by atoms with E-state index in [1.807, 2.05) is 0 Å². The number of nitrogens with zero attached hydrogens (tertiary/aromatic N) is 2. The molecule has 0 aliphatic heterocycles. The highest BCUT2D eigenvalue weighted by Gasteiger charge is 2.16. The maximum absolute atomic E-state index is 12.9. The lowest BCUT2D eigenvalue weighted by Gasteiger charge is -2.13. The van der Waals surface area contributed by atoms with E-state index in [0.29, 0.717) is 23.1 Å². The molecule has 0 atom stereocenters. The SMILES string of the molecule is Cn1c(=O)c(C(=O)Nc2ccc(F)cn2)cc2c(NCCO)cccc21. The minimum atomic E-state index is -0.636. The molecule has 134 valence electrons. The van der Waals surface area contributed by atoms with Crippen LogP contribution in [0.5, 0.6) is 0 Å². The molecule has 3 N–H and O–H groups in total. The average Bonchev–Trinajstić information content (AvgIpc) is 2.64. The molecule has 7 nitrogen and oxygen atoms in total. The topological polar surface area (TPSA) is 96.2 Å². The number of aromatic nitrogens is 2. The second-order valence-corrected chi connectivity index (χ2v) is 5.63. The summed E-state index contributed by atoms with van der Waals surface area (Å²) in [5.41, 5.74) is 0.816. The Morgan fingerprint density at radius 3 is 2.81 bits per heavy atom. The van der Waals surface area contributed by atoms with Crippen LogP contribution in [0.25, 0.3) is 10.9 Å². The first kappa shape index (κ1) is 17.6. The highest BCUT2D eigenvalue weighted by atomic mass is 19.1. The number of aliphatic hydroxyl groups excluding tert-OH is 1. The summed E-state index contributed by atoms with van der Waals surface area (Å²) < 4.78 is 14.3. The Morgan fingerprint density at radius 2 is 2.12 bits per heavy atom. The Bertz CT molecular complexity index is 1020. The lowest BCUT2D eigenvalue weighted by Crippen LogP contribution is -2.28. The Hall–Kier alpha value is -3.26. The predicted octanol–water partition coefficient (Wildman–Crippen LogP) is 1.73. The van der Waals surface area contributed by atoms with Crippen LogP contribution < -0.4 is 16.2 Å². The standard InChI is InChI=1S/C18H17FN4O3/c1-23-15-4-2-3-14(20-7-8-24)12(15)9-13(18(23)26)17(25)22-16-6-5-11(19)10-21-16/h2-6,9-10,20,24H,7-8H2,1H3,(H,21,22,25). The van der Waals surface area contributed by atoms with Gasteiger partial charge >= 0.3 is 0 Å². The number of hydrogen-bond acceptors (Lipinski definition) is 5. The summed E-state index contributed by atoms with van der Waals surface area (Å²) in [4.78, 5) is 28.8. The minimum absolute atomic E-state index is 0.0499. The van der Waals surface area contributed by atoms with Gasteiger partial charge in [-0.2, -0.15) is 0 Å². The first-order chi connectivity index (χ1) is 12.5. The smallest absolute Gasteiger partial charge is 0.263 e. The molecule has 0 aliphatic carbocycles. The van der Waals surface area contributed by atoms with Gasteiger partial charge in [0.25, 0.3) is 11.5 Å². The maximum Gasteiger partial charge on any atom is 0.263 e. The van der Waals surface area contributed by atoms with Crippen LogP contribution in [0, 0.1) is 5.82 Å². The number of nitrogens with one attached hydrogen (secondary N) is 2. The molecular formula is C18H17FN4O3. The zero-order valence-electron chi connectivity index (χ0n) is 14.0. The highest BCUT2D eigenvalue weighted by Crippen LogP contribution is 2.23. The zero-order chi connectivity index (χ0) is 18.7. The van der Waals surface area contributed by atoms with E-state index in [1.165, 1.54) is 16.7 Å². The summed E-state index contributed by atoms with van der Waals surface area (Å²) in [6.45, 7) is 0.286. The third-order valence-corrected chi connectivity index (χ3v) is 3.91. The van der Waals surface area contributed by atoms with Gasteiger partial charge in [-0.25, -0.2) is 9.37 Å². The van der Waals surface area contributed by atoms with Crippen molar-refractivity contribution in [2.75, 3.05) is 23.8 Å². The number of fused-ring (bicyclic) bond motifs is 1. The first-order valence-corrected chi connectivity index (χ1v) is 7.91. The van der Waals surface area contributed by atoms with Crippen molar-refractivity contribution in [3.63, 3.8) is 0 Å². The van der Waals surface area contributed by atoms with E-state index in [9.17, 15) is 14.0 Å². The van der Waals surface area contributed by atoms with Gasteiger partial charge in [-0.3, -0.25) is 9.59 Å². The molecule has 8 heteroatoms. The molecule has 0 bridgehead atoms. The van der Waals surface area contributed by atoms with Gasteiger partial charge in [-0.05, 0) is 30.3 Å². The van der Waals surface area contributed by atoms with Gasteiger partial charge in [0, 0.05) is 24.7 Å². The molecular weight excluding hydrogens is 339 g/mol. The maximum atomic E-state index is 12.9. The molecule has 0 aliphatic rings. The molecule has 2 aromatic heterocycles. The summed E-state index contributed by atoms with van der Waals surface area (Å²) in [5, 5.41) is 15.2. The summed E-state index contributed by atoms with van der Waals surface area (Å²) >= 11 is 0. The van der Waals surface area contributed by atoms with E-state index in [0.717, 1.165) is 12.3 Å². The van der Waals surface area contributed by atoms with Gasteiger partial charge in [0.2, 0.25) is 0 Å². The second-order valence-electron chi connectivity index (χ2n) is 5.63. The molecule has 26 heavy (non-hydrogen) atoms. The number of benzene rings is 1. The second kappa shape index (κ2) is 7.32. The number of aryl methyl sites for hydroxylation is 1. The van der Waals surface area contributed by atoms with Crippen LogP contribution in [0.1, 0.15) is 10.4 Å². The lowest BCUT2D eigenvalue weighted by atomic mass is 10.1. The van der Waals surface area contributed by atoms with Crippen molar-refractivity contribution in [1.29, 1.82) is 0 Å². The summed E-state index contributed by atoms with van der Waals surface area (Å²) in [5.74, 6) is -1.02. The van der Waals surface area contributed by atoms with E-state index >= 15 is 0 Å². The van der Waals surface area contributed by atoms with Crippen LogP contribution in [0.3, 0.4) is 0 Å². The fourth-order valence-corrected chi connectivity index (χ4v) is 2.63. The van der Waals surface area contributed by atoms with Gasteiger partial charge in [-0.15, -0.1) is 0 Å². The molecule has 0 unspecified atom stereocenters. The molecule has 3 aromatic rings. The largest absolute Gasteiger partial charge is 0.395 e. The molecule has 0 saturated heterocycles. The normalized spacial score (nSPS) is 10.7. The summed E-state index contributed by atoms with van der Waals surface area (Å²) in [7, 11) is 1.58. The van der Waals surface area contributed by atoms with Gasteiger partial charge in [0.1, 0.15) is 17.2 Å². The molecule has 1 amide bonds. The third kappa shape index (κ3) is 3.40. The third-order valence-electron chi connectivity index (χ3n) is 3.91. The van der Waals surface area contributed by atoms with Crippen molar-refractivity contribution in [2.24, 2.45) is 7.05 Å². The molecule has 0 saturated carbocycles. The number of carbonyl (C=O) groups is 1. The molecule has 0 radical (unpaired) electrons. The van der Waals surface area contributed by atoms with Crippen LogP contribution in [0.4, 0.5) is 15.9 Å². The molecule has 1 aromatic carbocycles. The van der Waals surface area contributed by atoms with E-state index < -0.39 is 17.3 Å². The lowest BCUT2D eigenvalue weighted by molar-refractivity contribution is 0.102. The number of amides is 1. The van der Waals surface area contributed by atoms with E-state index in [-0.39, 0.29) is 18.0 Å². The molecule has 3 rings (SSSR count). The van der Waals surface area contributed by atoms with Crippen LogP contribution >= 0.6 is 0 Å².